The second kappa shape index (κ2) is 7.15. The molecule has 0 atom stereocenters. The minimum atomic E-state index is -0.913. The first-order valence-electron chi connectivity index (χ1n) is 6.27. The Morgan fingerprint density at radius 2 is 2.14 bits per heavy atom. The van der Waals surface area contributed by atoms with Crippen LogP contribution in [0.1, 0.15) is 19.2 Å². The highest BCUT2D eigenvalue weighted by Crippen LogP contribution is 2.29. The molecule has 21 heavy (non-hydrogen) atoms. The van der Waals surface area contributed by atoms with Crippen molar-refractivity contribution < 1.29 is 9.90 Å². The van der Waals surface area contributed by atoms with Crippen LogP contribution < -0.4 is 0 Å². The van der Waals surface area contributed by atoms with E-state index in [4.69, 9.17) is 28.3 Å². The summed E-state index contributed by atoms with van der Waals surface area (Å²) in [6.45, 7) is 2.03. The van der Waals surface area contributed by atoms with Crippen LogP contribution in [0, 0.1) is 0 Å². The second-order valence-corrected chi connectivity index (χ2v) is 6.05. The SMILES string of the molecule is CCCc1nnc(SCC(=O)O)n1-c1cc(Cl)ccc1Cl. The summed E-state index contributed by atoms with van der Waals surface area (Å²) in [5.74, 6) is -0.277. The lowest BCUT2D eigenvalue weighted by Crippen LogP contribution is -2.05. The predicted molar refractivity (Wildman–Crippen MR) is 83.7 cm³/mol. The molecule has 8 heteroatoms. The van der Waals surface area contributed by atoms with E-state index in [1.165, 1.54) is 0 Å². The minimum absolute atomic E-state index is 0.0948. The fraction of sp³-hybridized carbons (Fsp3) is 0.308. The molecule has 1 aromatic carbocycles. The van der Waals surface area contributed by atoms with Crippen molar-refractivity contribution >= 4 is 40.9 Å². The summed E-state index contributed by atoms with van der Waals surface area (Å²) in [6.07, 6.45) is 1.60. The maximum Gasteiger partial charge on any atom is 0.313 e. The molecule has 0 aliphatic carbocycles. The van der Waals surface area contributed by atoms with Gasteiger partial charge in [0, 0.05) is 11.4 Å². The monoisotopic (exact) mass is 345 g/mol. The van der Waals surface area contributed by atoms with Gasteiger partial charge in [-0.2, -0.15) is 0 Å². The van der Waals surface area contributed by atoms with E-state index in [1.807, 2.05) is 6.92 Å². The smallest absolute Gasteiger partial charge is 0.313 e. The van der Waals surface area contributed by atoms with E-state index in [0.29, 0.717) is 27.3 Å². The number of aryl methyl sites for hydroxylation is 1. The van der Waals surface area contributed by atoms with E-state index >= 15 is 0 Å². The Balaban J connectivity index is 2.49. The number of benzene rings is 1. The third-order valence-corrected chi connectivity index (χ3v) is 4.12. The molecular weight excluding hydrogens is 333 g/mol. The molecule has 0 unspecified atom stereocenters. The van der Waals surface area contributed by atoms with E-state index in [1.54, 1.807) is 22.8 Å². The molecule has 0 radical (unpaired) electrons. The summed E-state index contributed by atoms with van der Waals surface area (Å²) in [7, 11) is 0. The highest BCUT2D eigenvalue weighted by Gasteiger charge is 2.17. The Bertz CT molecular complexity index is 661. The van der Waals surface area contributed by atoms with E-state index in [9.17, 15) is 4.79 Å². The van der Waals surface area contributed by atoms with Gasteiger partial charge < -0.3 is 5.11 Å². The molecule has 112 valence electrons. The molecule has 2 aromatic rings. The molecule has 0 amide bonds. The van der Waals surface area contributed by atoms with Crippen LogP contribution in [0.4, 0.5) is 0 Å². The van der Waals surface area contributed by atoms with Gasteiger partial charge in [0.2, 0.25) is 0 Å². The van der Waals surface area contributed by atoms with Gasteiger partial charge in [-0.25, -0.2) is 0 Å². The number of aromatic nitrogens is 3. The lowest BCUT2D eigenvalue weighted by molar-refractivity contribution is -0.133. The summed E-state index contributed by atoms with van der Waals surface area (Å²) >= 11 is 13.4. The van der Waals surface area contributed by atoms with E-state index in [2.05, 4.69) is 10.2 Å². The molecule has 0 saturated carbocycles. The Labute approximate surface area is 136 Å². The molecule has 1 N–H and O–H groups in total. The number of halogens is 2. The van der Waals surface area contributed by atoms with Crippen molar-refractivity contribution in [3.05, 3.63) is 34.1 Å². The Kier molecular flexibility index (Phi) is 5.50. The molecule has 0 fully saturated rings. The van der Waals surface area contributed by atoms with Crippen LogP contribution in [-0.4, -0.2) is 31.6 Å². The van der Waals surface area contributed by atoms with Crippen LogP contribution in [0.25, 0.3) is 5.69 Å². The average molecular weight is 346 g/mol. The maximum absolute atomic E-state index is 10.7. The predicted octanol–water partition coefficient (Wildman–Crippen LogP) is 3.70. The molecule has 5 nitrogen and oxygen atoms in total. The second-order valence-electron chi connectivity index (χ2n) is 4.26. The van der Waals surface area contributed by atoms with Crippen molar-refractivity contribution in [2.24, 2.45) is 0 Å². The molecule has 1 heterocycles. The Morgan fingerprint density at radius 3 is 2.81 bits per heavy atom. The molecule has 1 aromatic heterocycles. The molecule has 0 aliphatic rings. The van der Waals surface area contributed by atoms with Crippen LogP contribution in [0.15, 0.2) is 23.4 Å². The van der Waals surface area contributed by atoms with Gasteiger partial charge in [0.25, 0.3) is 0 Å². The lowest BCUT2D eigenvalue weighted by atomic mass is 10.3. The number of carboxylic acid groups (broad SMARTS) is 1. The minimum Gasteiger partial charge on any atom is -0.481 e. The Hall–Kier alpha value is -1.24. The highest BCUT2D eigenvalue weighted by molar-refractivity contribution is 7.99. The first kappa shape index (κ1) is 16.1. The van der Waals surface area contributed by atoms with Crippen molar-refractivity contribution in [3.8, 4) is 5.69 Å². The van der Waals surface area contributed by atoms with Gasteiger partial charge in [0.15, 0.2) is 5.16 Å². The van der Waals surface area contributed by atoms with Crippen molar-refractivity contribution in [2.45, 2.75) is 24.9 Å². The van der Waals surface area contributed by atoms with Gasteiger partial charge in [-0.3, -0.25) is 9.36 Å². The fourth-order valence-corrected chi connectivity index (χ4v) is 2.86. The van der Waals surface area contributed by atoms with Crippen molar-refractivity contribution in [2.75, 3.05) is 5.75 Å². The number of aliphatic carboxylic acids is 1. The van der Waals surface area contributed by atoms with Gasteiger partial charge >= 0.3 is 5.97 Å². The molecule has 0 spiro atoms. The van der Waals surface area contributed by atoms with E-state index in [-0.39, 0.29) is 5.75 Å². The fourth-order valence-electron chi connectivity index (χ4n) is 1.80. The normalized spacial score (nSPS) is 10.8. The summed E-state index contributed by atoms with van der Waals surface area (Å²) in [6, 6.07) is 5.11. The molecule has 0 aliphatic heterocycles. The topological polar surface area (TPSA) is 68.0 Å². The van der Waals surface area contributed by atoms with Crippen LogP contribution in [0.3, 0.4) is 0 Å². The van der Waals surface area contributed by atoms with Gasteiger partial charge in [-0.15, -0.1) is 10.2 Å². The van der Waals surface area contributed by atoms with Crippen molar-refractivity contribution in [1.29, 1.82) is 0 Å². The summed E-state index contributed by atoms with van der Waals surface area (Å²) < 4.78 is 1.77. The number of thioether (sulfide) groups is 1. The summed E-state index contributed by atoms with van der Waals surface area (Å²) in [4.78, 5) is 10.7. The first-order valence-corrected chi connectivity index (χ1v) is 8.01. The van der Waals surface area contributed by atoms with Crippen molar-refractivity contribution in [3.63, 3.8) is 0 Å². The molecule has 2 rings (SSSR count). The molecular formula is C13H13Cl2N3O2S. The number of carboxylic acids is 1. The van der Waals surface area contributed by atoms with Gasteiger partial charge in [0.1, 0.15) is 5.82 Å². The number of carbonyl (C=O) groups is 1. The summed E-state index contributed by atoms with van der Waals surface area (Å²) in [5.41, 5.74) is 0.658. The number of hydrogen-bond donors (Lipinski definition) is 1. The van der Waals surface area contributed by atoms with Crippen LogP contribution >= 0.6 is 35.0 Å². The molecule has 0 bridgehead atoms. The van der Waals surface area contributed by atoms with Crippen LogP contribution in [0.5, 0.6) is 0 Å². The zero-order valence-corrected chi connectivity index (χ0v) is 13.5. The van der Waals surface area contributed by atoms with Gasteiger partial charge in [0.05, 0.1) is 16.5 Å². The molecule has 0 saturated heterocycles. The maximum atomic E-state index is 10.7. The van der Waals surface area contributed by atoms with E-state index in [0.717, 1.165) is 24.0 Å². The van der Waals surface area contributed by atoms with Gasteiger partial charge in [-0.05, 0) is 24.6 Å². The van der Waals surface area contributed by atoms with Crippen LogP contribution in [-0.2, 0) is 11.2 Å². The quantitative estimate of drug-likeness (QED) is 0.808. The van der Waals surface area contributed by atoms with E-state index < -0.39 is 5.97 Å². The zero-order valence-electron chi connectivity index (χ0n) is 11.2. The largest absolute Gasteiger partial charge is 0.481 e. The zero-order chi connectivity index (χ0) is 15.4. The third kappa shape index (κ3) is 3.90. The Morgan fingerprint density at radius 1 is 1.38 bits per heavy atom. The number of hydrogen-bond acceptors (Lipinski definition) is 4. The van der Waals surface area contributed by atoms with Crippen LogP contribution in [0.2, 0.25) is 10.0 Å². The highest BCUT2D eigenvalue weighted by atomic mass is 35.5. The third-order valence-electron chi connectivity index (χ3n) is 2.65. The number of rotatable bonds is 6. The average Bonchev–Trinajstić information content (AvgIpc) is 2.82. The van der Waals surface area contributed by atoms with Crippen molar-refractivity contribution in [1.82, 2.24) is 14.8 Å². The summed E-state index contributed by atoms with van der Waals surface area (Å²) in [5, 5.41) is 18.6. The van der Waals surface area contributed by atoms with Gasteiger partial charge in [-0.1, -0.05) is 41.9 Å². The lowest BCUT2D eigenvalue weighted by Gasteiger charge is -2.11. The number of nitrogens with zero attached hydrogens (tertiary/aromatic N) is 3. The first-order chi connectivity index (χ1) is 10.0. The standard InChI is InChI=1S/C13H13Cl2N3O2S/c1-2-3-11-16-17-13(21-7-12(19)20)18(11)10-6-8(14)4-5-9(10)15/h4-6H,2-3,7H2,1H3,(H,19,20).